The molecular formula is C13H19FN2O2S. The van der Waals surface area contributed by atoms with Crippen LogP contribution in [0, 0.1) is 5.82 Å². The number of halogens is 1. The molecule has 1 aromatic rings. The molecule has 6 heteroatoms. The number of hydrogen-bond donors (Lipinski definition) is 1. The highest BCUT2D eigenvalue weighted by Crippen LogP contribution is 2.28. The Morgan fingerprint density at radius 1 is 1.42 bits per heavy atom. The number of nitrogens with two attached hydrogens (primary N) is 1. The van der Waals surface area contributed by atoms with Gasteiger partial charge in [0.15, 0.2) is 0 Å². The van der Waals surface area contributed by atoms with Crippen LogP contribution in [-0.2, 0) is 10.0 Å². The number of rotatable bonds is 3. The molecule has 0 radical (unpaired) electrons. The maximum atomic E-state index is 13.4. The van der Waals surface area contributed by atoms with Crippen molar-refractivity contribution in [2.24, 2.45) is 0 Å². The van der Waals surface area contributed by atoms with Crippen LogP contribution in [0.1, 0.15) is 32.6 Å². The van der Waals surface area contributed by atoms with E-state index in [1.807, 2.05) is 6.92 Å². The fourth-order valence-corrected chi connectivity index (χ4v) is 4.28. The van der Waals surface area contributed by atoms with Gasteiger partial charge in [-0.05, 0) is 37.5 Å². The first-order valence-electron chi connectivity index (χ1n) is 6.53. The summed E-state index contributed by atoms with van der Waals surface area (Å²) in [6.45, 7) is 2.48. The number of nitrogens with zero attached hydrogens (tertiary/aromatic N) is 1. The van der Waals surface area contributed by atoms with Gasteiger partial charge in [0.05, 0.1) is 10.6 Å². The molecule has 0 aliphatic carbocycles. The lowest BCUT2D eigenvalue weighted by atomic mass is 10.0. The number of hydrogen-bond acceptors (Lipinski definition) is 3. The molecule has 1 unspecified atom stereocenters. The molecule has 1 fully saturated rings. The zero-order valence-corrected chi connectivity index (χ0v) is 11.8. The standard InChI is InChI=1S/C13H19FN2O2S/c1-2-10-5-3-4-8-16(10)19(17,18)11-6-7-13(15)12(14)9-11/h6-7,9-10H,2-5,8,15H2,1H3. The highest BCUT2D eigenvalue weighted by atomic mass is 32.2. The molecule has 0 bridgehead atoms. The summed E-state index contributed by atoms with van der Waals surface area (Å²) in [6.07, 6.45) is 3.54. The zero-order chi connectivity index (χ0) is 14.0. The lowest BCUT2D eigenvalue weighted by molar-refractivity contribution is 0.246. The Morgan fingerprint density at radius 3 is 2.79 bits per heavy atom. The van der Waals surface area contributed by atoms with Gasteiger partial charge in [0.2, 0.25) is 10.0 Å². The minimum Gasteiger partial charge on any atom is -0.396 e. The van der Waals surface area contributed by atoms with Crippen LogP contribution < -0.4 is 5.73 Å². The molecule has 1 heterocycles. The average Bonchev–Trinajstić information content (AvgIpc) is 2.41. The largest absolute Gasteiger partial charge is 0.396 e. The SMILES string of the molecule is CCC1CCCCN1S(=O)(=O)c1ccc(N)c(F)c1. The first-order chi connectivity index (χ1) is 8.96. The van der Waals surface area contributed by atoms with Crippen LogP contribution >= 0.6 is 0 Å². The second kappa shape index (κ2) is 5.46. The lowest BCUT2D eigenvalue weighted by Gasteiger charge is -2.34. The molecule has 2 rings (SSSR count). The van der Waals surface area contributed by atoms with E-state index in [2.05, 4.69) is 0 Å². The van der Waals surface area contributed by atoms with Gasteiger partial charge in [-0.3, -0.25) is 0 Å². The smallest absolute Gasteiger partial charge is 0.243 e. The molecular weight excluding hydrogens is 267 g/mol. The Bertz CT molecular complexity index is 560. The Kier molecular flexibility index (Phi) is 4.10. The van der Waals surface area contributed by atoms with Gasteiger partial charge in [0, 0.05) is 12.6 Å². The molecule has 1 aromatic carbocycles. The van der Waals surface area contributed by atoms with Crippen molar-refractivity contribution in [1.29, 1.82) is 0 Å². The van der Waals surface area contributed by atoms with Crippen molar-refractivity contribution in [3.63, 3.8) is 0 Å². The Labute approximate surface area is 113 Å². The van der Waals surface area contributed by atoms with Crippen LogP contribution in [0.25, 0.3) is 0 Å². The van der Waals surface area contributed by atoms with Crippen molar-refractivity contribution in [1.82, 2.24) is 4.31 Å². The summed E-state index contributed by atoms with van der Waals surface area (Å²) in [5.74, 6) is -0.689. The topological polar surface area (TPSA) is 63.4 Å². The van der Waals surface area contributed by atoms with Gasteiger partial charge in [-0.1, -0.05) is 13.3 Å². The van der Waals surface area contributed by atoms with E-state index in [0.29, 0.717) is 6.54 Å². The summed E-state index contributed by atoms with van der Waals surface area (Å²) >= 11 is 0. The van der Waals surface area contributed by atoms with Crippen molar-refractivity contribution < 1.29 is 12.8 Å². The highest BCUT2D eigenvalue weighted by Gasteiger charge is 2.32. The van der Waals surface area contributed by atoms with E-state index < -0.39 is 15.8 Å². The second-order valence-electron chi connectivity index (χ2n) is 4.86. The van der Waals surface area contributed by atoms with Crippen molar-refractivity contribution >= 4 is 15.7 Å². The van der Waals surface area contributed by atoms with E-state index in [9.17, 15) is 12.8 Å². The third-order valence-corrected chi connectivity index (χ3v) is 5.57. The molecule has 1 aliphatic rings. The number of anilines is 1. The molecule has 0 amide bonds. The fraction of sp³-hybridized carbons (Fsp3) is 0.538. The van der Waals surface area contributed by atoms with Crippen molar-refractivity contribution in [3.8, 4) is 0 Å². The number of sulfonamides is 1. The van der Waals surface area contributed by atoms with Crippen LogP contribution in [-0.4, -0.2) is 25.3 Å². The minimum absolute atomic E-state index is 0.0133. The molecule has 0 aromatic heterocycles. The first-order valence-corrected chi connectivity index (χ1v) is 7.97. The first kappa shape index (κ1) is 14.3. The van der Waals surface area contributed by atoms with Gasteiger partial charge in [0.1, 0.15) is 5.82 Å². The van der Waals surface area contributed by atoms with Gasteiger partial charge in [-0.2, -0.15) is 4.31 Å². The predicted molar refractivity (Wildman–Crippen MR) is 72.6 cm³/mol. The van der Waals surface area contributed by atoms with E-state index in [4.69, 9.17) is 5.73 Å². The van der Waals surface area contributed by atoms with Gasteiger partial charge in [-0.25, -0.2) is 12.8 Å². The molecule has 2 N–H and O–H groups in total. The number of benzene rings is 1. The van der Waals surface area contributed by atoms with E-state index in [0.717, 1.165) is 31.7 Å². The average molecular weight is 286 g/mol. The van der Waals surface area contributed by atoms with Crippen LogP contribution in [0.15, 0.2) is 23.1 Å². The van der Waals surface area contributed by atoms with Gasteiger partial charge >= 0.3 is 0 Å². The van der Waals surface area contributed by atoms with Gasteiger partial charge < -0.3 is 5.73 Å². The summed E-state index contributed by atoms with van der Waals surface area (Å²) in [7, 11) is -3.62. The third kappa shape index (κ3) is 2.74. The number of nitrogen functional groups attached to an aromatic ring is 1. The minimum atomic E-state index is -3.62. The molecule has 1 aliphatic heterocycles. The van der Waals surface area contributed by atoms with Crippen LogP contribution in [0.4, 0.5) is 10.1 Å². The molecule has 4 nitrogen and oxygen atoms in total. The van der Waals surface area contributed by atoms with E-state index in [1.54, 1.807) is 0 Å². The second-order valence-corrected chi connectivity index (χ2v) is 6.75. The van der Waals surface area contributed by atoms with Crippen molar-refractivity contribution in [3.05, 3.63) is 24.0 Å². The Morgan fingerprint density at radius 2 is 2.16 bits per heavy atom. The summed E-state index contributed by atoms with van der Waals surface area (Å²) in [5, 5.41) is 0. The predicted octanol–water partition coefficient (Wildman–Crippen LogP) is 2.36. The van der Waals surface area contributed by atoms with Crippen molar-refractivity contribution in [2.45, 2.75) is 43.5 Å². The molecule has 1 atom stereocenters. The molecule has 0 spiro atoms. The maximum Gasteiger partial charge on any atom is 0.243 e. The molecule has 1 saturated heterocycles. The summed E-state index contributed by atoms with van der Waals surface area (Å²) < 4.78 is 40.0. The monoisotopic (exact) mass is 286 g/mol. The quantitative estimate of drug-likeness (QED) is 0.868. The Hall–Kier alpha value is -1.14. The molecule has 106 valence electrons. The Balaban J connectivity index is 2.37. The normalized spacial score (nSPS) is 21.5. The van der Waals surface area contributed by atoms with E-state index >= 15 is 0 Å². The van der Waals surface area contributed by atoms with Gasteiger partial charge in [0.25, 0.3) is 0 Å². The van der Waals surface area contributed by atoms with E-state index in [-0.39, 0.29) is 16.6 Å². The molecule has 0 saturated carbocycles. The van der Waals surface area contributed by atoms with Crippen molar-refractivity contribution in [2.75, 3.05) is 12.3 Å². The molecule has 19 heavy (non-hydrogen) atoms. The maximum absolute atomic E-state index is 13.4. The summed E-state index contributed by atoms with van der Waals surface area (Å²) in [5.41, 5.74) is 5.34. The van der Waals surface area contributed by atoms with Gasteiger partial charge in [-0.15, -0.1) is 0 Å². The summed E-state index contributed by atoms with van der Waals surface area (Å²) in [4.78, 5) is -0.0143. The third-order valence-electron chi connectivity index (χ3n) is 3.62. The number of piperidine rings is 1. The fourth-order valence-electron chi connectivity index (χ4n) is 2.50. The van der Waals surface area contributed by atoms with E-state index in [1.165, 1.54) is 16.4 Å². The highest BCUT2D eigenvalue weighted by molar-refractivity contribution is 7.89. The summed E-state index contributed by atoms with van der Waals surface area (Å²) in [6, 6.07) is 3.69. The van der Waals surface area contributed by atoms with Crippen LogP contribution in [0.5, 0.6) is 0 Å². The lowest BCUT2D eigenvalue weighted by Crippen LogP contribution is -2.43. The zero-order valence-electron chi connectivity index (χ0n) is 11.0. The van der Waals surface area contributed by atoms with Crippen LogP contribution in [0.3, 0.4) is 0 Å². The van der Waals surface area contributed by atoms with Crippen LogP contribution in [0.2, 0.25) is 0 Å².